The molecule has 1 rings (SSSR count). The number of aliphatic carboxylic acids is 1. The zero-order valence-electron chi connectivity index (χ0n) is 11.9. The number of nitrogens with one attached hydrogen (secondary N) is 1. The van der Waals surface area contributed by atoms with Crippen LogP contribution in [-0.4, -0.2) is 53.7 Å². The molecule has 0 aliphatic carbocycles. The van der Waals surface area contributed by atoms with Crippen LogP contribution in [0.25, 0.3) is 0 Å². The number of carboxylic acid groups (broad SMARTS) is 1. The Morgan fingerprint density at radius 2 is 2.15 bits per heavy atom. The number of methoxy groups -OCH3 is 1. The minimum absolute atomic E-state index is 0.0262. The number of esters is 1. The van der Waals surface area contributed by atoms with Crippen LogP contribution >= 0.6 is 0 Å². The normalized spacial score (nSPS) is 19.5. The van der Waals surface area contributed by atoms with Crippen LogP contribution in [0, 0.1) is 0 Å². The van der Waals surface area contributed by atoms with Crippen LogP contribution in [-0.2, 0) is 14.3 Å². The second-order valence-electron chi connectivity index (χ2n) is 4.85. The molecule has 1 heterocycles. The van der Waals surface area contributed by atoms with E-state index in [1.807, 2.05) is 6.92 Å². The maximum Gasteiger partial charge on any atom is 0.326 e. The minimum Gasteiger partial charge on any atom is -0.480 e. The topological polar surface area (TPSA) is 95.9 Å². The second-order valence-corrected chi connectivity index (χ2v) is 4.85. The van der Waals surface area contributed by atoms with Crippen LogP contribution in [0.3, 0.4) is 0 Å². The molecule has 2 atom stereocenters. The first-order chi connectivity index (χ1) is 9.49. The van der Waals surface area contributed by atoms with Gasteiger partial charge in [-0.05, 0) is 25.7 Å². The van der Waals surface area contributed by atoms with E-state index in [2.05, 4.69) is 10.1 Å². The molecular weight excluding hydrogens is 264 g/mol. The lowest BCUT2D eigenvalue weighted by molar-refractivity contribution is -0.142. The Balaban J connectivity index is 2.54. The zero-order chi connectivity index (χ0) is 15.1. The molecule has 1 aliphatic rings. The number of rotatable bonds is 6. The van der Waals surface area contributed by atoms with Gasteiger partial charge in [0.2, 0.25) is 0 Å². The first-order valence-electron chi connectivity index (χ1n) is 6.86. The fourth-order valence-corrected chi connectivity index (χ4v) is 2.38. The number of amides is 2. The van der Waals surface area contributed by atoms with E-state index in [0.717, 1.165) is 19.3 Å². The van der Waals surface area contributed by atoms with E-state index in [-0.39, 0.29) is 24.9 Å². The lowest BCUT2D eigenvalue weighted by Crippen LogP contribution is -2.49. The molecule has 1 aliphatic heterocycles. The van der Waals surface area contributed by atoms with Gasteiger partial charge in [-0.25, -0.2) is 9.59 Å². The number of likely N-dealkylation sites (tertiary alicyclic amines) is 1. The molecule has 0 aromatic rings. The number of nitrogens with zero attached hydrogens (tertiary/aromatic N) is 1. The van der Waals surface area contributed by atoms with Crippen molar-refractivity contribution >= 4 is 18.0 Å². The molecule has 7 nitrogen and oxygen atoms in total. The Morgan fingerprint density at radius 3 is 2.70 bits per heavy atom. The Morgan fingerprint density at radius 1 is 1.45 bits per heavy atom. The van der Waals surface area contributed by atoms with Crippen molar-refractivity contribution in [2.45, 2.75) is 51.1 Å². The molecule has 2 amide bonds. The van der Waals surface area contributed by atoms with Crippen molar-refractivity contribution in [2.24, 2.45) is 0 Å². The number of ether oxygens (including phenoxy) is 1. The standard InChI is InChI=1S/C13H22N2O5/c1-3-9-5-4-8-15(9)13(19)14-10(12(17)18)6-7-11(16)20-2/h9-10H,3-8H2,1-2H3,(H,14,19)(H,17,18)/t9?,10-/m1/s1. The smallest absolute Gasteiger partial charge is 0.326 e. The maximum absolute atomic E-state index is 12.1. The van der Waals surface area contributed by atoms with Crippen molar-refractivity contribution in [3.63, 3.8) is 0 Å². The summed E-state index contributed by atoms with van der Waals surface area (Å²) in [7, 11) is 1.24. The van der Waals surface area contributed by atoms with Gasteiger partial charge in [0, 0.05) is 19.0 Å². The number of carboxylic acids is 1. The molecule has 0 aromatic carbocycles. The number of hydrogen-bond donors (Lipinski definition) is 2. The molecule has 1 saturated heterocycles. The largest absolute Gasteiger partial charge is 0.480 e. The monoisotopic (exact) mass is 286 g/mol. The van der Waals surface area contributed by atoms with E-state index < -0.39 is 18.0 Å². The molecule has 1 unspecified atom stereocenters. The minimum atomic E-state index is -1.14. The lowest BCUT2D eigenvalue weighted by Gasteiger charge is -2.25. The fourth-order valence-electron chi connectivity index (χ4n) is 2.38. The van der Waals surface area contributed by atoms with Crippen LogP contribution in [0.4, 0.5) is 4.79 Å². The molecule has 0 radical (unpaired) electrons. The van der Waals surface area contributed by atoms with Crippen molar-refractivity contribution in [2.75, 3.05) is 13.7 Å². The van der Waals surface area contributed by atoms with E-state index in [1.54, 1.807) is 4.90 Å². The number of carbonyl (C=O) groups is 3. The zero-order valence-corrected chi connectivity index (χ0v) is 11.9. The average molecular weight is 286 g/mol. The van der Waals surface area contributed by atoms with Gasteiger partial charge >= 0.3 is 18.0 Å². The number of urea groups is 1. The molecule has 20 heavy (non-hydrogen) atoms. The molecule has 2 N–H and O–H groups in total. The van der Waals surface area contributed by atoms with E-state index in [0.29, 0.717) is 6.54 Å². The summed E-state index contributed by atoms with van der Waals surface area (Å²) in [4.78, 5) is 35.9. The lowest BCUT2D eigenvalue weighted by atomic mass is 10.1. The summed E-state index contributed by atoms with van der Waals surface area (Å²) in [6.45, 7) is 2.65. The molecule has 0 bridgehead atoms. The highest BCUT2D eigenvalue weighted by Crippen LogP contribution is 2.19. The predicted molar refractivity (Wildman–Crippen MR) is 71.2 cm³/mol. The molecule has 0 saturated carbocycles. The van der Waals surface area contributed by atoms with E-state index in [9.17, 15) is 14.4 Å². The van der Waals surface area contributed by atoms with Crippen LogP contribution in [0.2, 0.25) is 0 Å². The van der Waals surface area contributed by atoms with Gasteiger partial charge in [-0.2, -0.15) is 0 Å². The third-order valence-corrected chi connectivity index (χ3v) is 3.57. The Hall–Kier alpha value is -1.79. The summed E-state index contributed by atoms with van der Waals surface area (Å²) in [5.41, 5.74) is 0. The summed E-state index contributed by atoms with van der Waals surface area (Å²) >= 11 is 0. The molecule has 0 spiro atoms. The van der Waals surface area contributed by atoms with E-state index >= 15 is 0 Å². The van der Waals surface area contributed by atoms with Crippen LogP contribution in [0.5, 0.6) is 0 Å². The predicted octanol–water partition coefficient (Wildman–Crippen LogP) is 0.977. The van der Waals surface area contributed by atoms with Crippen molar-refractivity contribution < 1.29 is 24.2 Å². The van der Waals surface area contributed by atoms with Gasteiger partial charge in [0.25, 0.3) is 0 Å². The first kappa shape index (κ1) is 16.3. The summed E-state index contributed by atoms with van der Waals surface area (Å²) in [5, 5.41) is 11.6. The highest BCUT2D eigenvalue weighted by molar-refractivity contribution is 5.83. The third kappa shape index (κ3) is 4.40. The Labute approximate surface area is 118 Å². The molecular formula is C13H22N2O5. The van der Waals surface area contributed by atoms with Crippen molar-refractivity contribution in [1.29, 1.82) is 0 Å². The van der Waals surface area contributed by atoms with Crippen LogP contribution in [0.1, 0.15) is 39.0 Å². The SMILES string of the molecule is CCC1CCCN1C(=O)N[C@H](CCC(=O)OC)C(=O)O. The Bertz CT molecular complexity index is 372. The van der Waals surface area contributed by atoms with Crippen LogP contribution in [0.15, 0.2) is 0 Å². The number of hydrogen-bond acceptors (Lipinski definition) is 4. The molecule has 0 aromatic heterocycles. The van der Waals surface area contributed by atoms with Gasteiger partial charge in [0.05, 0.1) is 7.11 Å². The maximum atomic E-state index is 12.1. The molecule has 114 valence electrons. The quantitative estimate of drug-likeness (QED) is 0.709. The van der Waals surface area contributed by atoms with Crippen LogP contribution < -0.4 is 5.32 Å². The van der Waals surface area contributed by atoms with Gasteiger partial charge in [-0.15, -0.1) is 0 Å². The summed E-state index contributed by atoms with van der Waals surface area (Å²) in [5.74, 6) is -1.63. The third-order valence-electron chi connectivity index (χ3n) is 3.57. The number of carbonyl (C=O) groups excluding carboxylic acids is 2. The molecule has 7 heteroatoms. The van der Waals surface area contributed by atoms with Gasteiger partial charge in [-0.3, -0.25) is 4.79 Å². The van der Waals surface area contributed by atoms with Crippen molar-refractivity contribution in [1.82, 2.24) is 10.2 Å². The second kappa shape index (κ2) is 7.72. The van der Waals surface area contributed by atoms with Gasteiger partial charge in [-0.1, -0.05) is 6.92 Å². The Kier molecular flexibility index (Phi) is 6.27. The highest BCUT2D eigenvalue weighted by Gasteiger charge is 2.30. The average Bonchev–Trinajstić information content (AvgIpc) is 2.90. The van der Waals surface area contributed by atoms with E-state index in [4.69, 9.17) is 5.11 Å². The van der Waals surface area contributed by atoms with Crippen molar-refractivity contribution in [3.8, 4) is 0 Å². The molecule has 1 fully saturated rings. The van der Waals surface area contributed by atoms with Gasteiger partial charge < -0.3 is 20.1 Å². The fraction of sp³-hybridized carbons (Fsp3) is 0.769. The summed E-state index contributed by atoms with van der Waals surface area (Å²) in [6, 6.07) is -1.27. The van der Waals surface area contributed by atoms with Gasteiger partial charge in [0.1, 0.15) is 6.04 Å². The summed E-state index contributed by atoms with van der Waals surface area (Å²) in [6.07, 6.45) is 2.73. The van der Waals surface area contributed by atoms with E-state index in [1.165, 1.54) is 7.11 Å². The highest BCUT2D eigenvalue weighted by atomic mass is 16.5. The van der Waals surface area contributed by atoms with Gasteiger partial charge in [0.15, 0.2) is 0 Å². The first-order valence-corrected chi connectivity index (χ1v) is 6.86. The summed E-state index contributed by atoms with van der Waals surface area (Å²) < 4.78 is 4.46. The van der Waals surface area contributed by atoms with Crippen molar-refractivity contribution in [3.05, 3.63) is 0 Å².